The van der Waals surface area contributed by atoms with Crippen molar-refractivity contribution in [3.8, 4) is 5.75 Å². The minimum Gasteiger partial charge on any atom is -0.491 e. The van der Waals surface area contributed by atoms with E-state index in [9.17, 15) is 4.79 Å². The zero-order chi connectivity index (χ0) is 15.2. The third kappa shape index (κ3) is 4.92. The summed E-state index contributed by atoms with van der Waals surface area (Å²) in [6.07, 6.45) is 5.51. The molecule has 0 aromatic heterocycles. The van der Waals surface area contributed by atoms with Gasteiger partial charge in [0.05, 0.1) is 11.5 Å². The maximum atomic E-state index is 12.4. The van der Waals surface area contributed by atoms with Crippen LogP contribution in [0, 0.1) is 0 Å². The van der Waals surface area contributed by atoms with Crippen LogP contribution in [0.1, 0.15) is 56.3 Å². The van der Waals surface area contributed by atoms with E-state index < -0.39 is 0 Å². The SMILES string of the molecule is CC(C)Oc1cccc(C(=O)NC2CCCCCC2Cl)c1. The highest BCUT2D eigenvalue weighted by Gasteiger charge is 2.23. The first kappa shape index (κ1) is 16.2. The van der Waals surface area contributed by atoms with Crippen molar-refractivity contribution in [2.24, 2.45) is 0 Å². The lowest BCUT2D eigenvalue weighted by Gasteiger charge is -2.21. The van der Waals surface area contributed by atoms with Crippen molar-refractivity contribution in [1.82, 2.24) is 5.32 Å². The van der Waals surface area contributed by atoms with Gasteiger partial charge in [0.2, 0.25) is 0 Å². The molecule has 1 saturated carbocycles. The Morgan fingerprint density at radius 3 is 2.81 bits per heavy atom. The van der Waals surface area contributed by atoms with Crippen molar-refractivity contribution >= 4 is 17.5 Å². The lowest BCUT2D eigenvalue weighted by molar-refractivity contribution is 0.0933. The molecular formula is C17H24ClNO2. The zero-order valence-corrected chi connectivity index (χ0v) is 13.5. The van der Waals surface area contributed by atoms with Crippen LogP contribution in [0.3, 0.4) is 0 Å². The topological polar surface area (TPSA) is 38.3 Å². The second kappa shape index (κ2) is 7.69. The average molecular weight is 310 g/mol. The molecule has 0 saturated heterocycles. The number of alkyl halides is 1. The fourth-order valence-corrected chi connectivity index (χ4v) is 3.00. The Bertz CT molecular complexity index is 476. The summed E-state index contributed by atoms with van der Waals surface area (Å²) in [6.45, 7) is 3.94. The molecule has 2 atom stereocenters. The summed E-state index contributed by atoms with van der Waals surface area (Å²) in [5.41, 5.74) is 0.626. The summed E-state index contributed by atoms with van der Waals surface area (Å²) in [7, 11) is 0. The normalized spacial score (nSPS) is 22.7. The van der Waals surface area contributed by atoms with Crippen LogP contribution in [0.25, 0.3) is 0 Å². The predicted octanol–water partition coefficient (Wildman–Crippen LogP) is 4.14. The number of nitrogens with one attached hydrogen (secondary N) is 1. The Kier molecular flexibility index (Phi) is 5.92. The molecule has 0 aliphatic heterocycles. The Morgan fingerprint density at radius 1 is 1.29 bits per heavy atom. The van der Waals surface area contributed by atoms with Crippen LogP contribution in [-0.4, -0.2) is 23.4 Å². The van der Waals surface area contributed by atoms with Gasteiger partial charge in [0.25, 0.3) is 5.91 Å². The van der Waals surface area contributed by atoms with Crippen LogP contribution >= 0.6 is 11.6 Å². The number of hydrogen-bond donors (Lipinski definition) is 1. The van der Waals surface area contributed by atoms with Crippen LogP contribution in [-0.2, 0) is 0 Å². The van der Waals surface area contributed by atoms with Crippen molar-refractivity contribution in [2.45, 2.75) is 63.5 Å². The van der Waals surface area contributed by atoms with Gasteiger partial charge in [0.15, 0.2) is 0 Å². The second-order valence-corrected chi connectivity index (χ2v) is 6.49. The molecule has 2 rings (SSSR count). The van der Waals surface area contributed by atoms with E-state index in [-0.39, 0.29) is 23.4 Å². The molecule has 4 heteroatoms. The molecule has 1 aliphatic rings. The van der Waals surface area contributed by atoms with Crippen molar-refractivity contribution in [1.29, 1.82) is 0 Å². The molecule has 0 heterocycles. The molecule has 1 N–H and O–H groups in total. The predicted molar refractivity (Wildman–Crippen MR) is 86.2 cm³/mol. The quantitative estimate of drug-likeness (QED) is 0.670. The third-order valence-electron chi connectivity index (χ3n) is 3.72. The number of carbonyl (C=O) groups excluding carboxylic acids is 1. The second-order valence-electron chi connectivity index (χ2n) is 5.93. The Balaban J connectivity index is 2.02. The van der Waals surface area contributed by atoms with Gasteiger partial charge in [-0.1, -0.05) is 25.3 Å². The van der Waals surface area contributed by atoms with E-state index in [1.165, 1.54) is 6.42 Å². The maximum absolute atomic E-state index is 12.4. The Labute approximate surface area is 132 Å². The highest BCUT2D eigenvalue weighted by atomic mass is 35.5. The number of amides is 1. The summed E-state index contributed by atoms with van der Waals surface area (Å²) in [4.78, 5) is 12.4. The number of carbonyl (C=O) groups is 1. The maximum Gasteiger partial charge on any atom is 0.251 e. The lowest BCUT2D eigenvalue weighted by Crippen LogP contribution is -2.40. The van der Waals surface area contributed by atoms with Gasteiger partial charge in [-0.2, -0.15) is 0 Å². The molecule has 2 unspecified atom stereocenters. The summed E-state index contributed by atoms with van der Waals surface area (Å²) >= 11 is 6.38. The smallest absolute Gasteiger partial charge is 0.251 e. The first-order valence-corrected chi connectivity index (χ1v) is 8.21. The van der Waals surface area contributed by atoms with Gasteiger partial charge in [-0.3, -0.25) is 4.79 Å². The van der Waals surface area contributed by atoms with E-state index in [0.717, 1.165) is 31.4 Å². The summed E-state index contributed by atoms with van der Waals surface area (Å²) < 4.78 is 5.63. The summed E-state index contributed by atoms with van der Waals surface area (Å²) in [5.74, 6) is 0.655. The van der Waals surface area contributed by atoms with Crippen molar-refractivity contribution in [3.05, 3.63) is 29.8 Å². The van der Waals surface area contributed by atoms with Crippen LogP contribution in [0.5, 0.6) is 5.75 Å². The fraction of sp³-hybridized carbons (Fsp3) is 0.588. The Hall–Kier alpha value is -1.22. The van der Waals surface area contributed by atoms with Gasteiger partial charge in [-0.25, -0.2) is 0 Å². The molecule has 0 spiro atoms. The minimum atomic E-state index is -0.0678. The van der Waals surface area contributed by atoms with Gasteiger partial charge in [0, 0.05) is 11.6 Å². The molecule has 1 aromatic carbocycles. The zero-order valence-electron chi connectivity index (χ0n) is 12.8. The molecule has 0 bridgehead atoms. The van der Waals surface area contributed by atoms with Gasteiger partial charge < -0.3 is 10.1 Å². The van der Waals surface area contributed by atoms with Gasteiger partial charge in [-0.15, -0.1) is 11.6 Å². The van der Waals surface area contributed by atoms with E-state index in [0.29, 0.717) is 5.56 Å². The number of rotatable bonds is 4. The van der Waals surface area contributed by atoms with Crippen LogP contribution in [0.4, 0.5) is 0 Å². The molecule has 1 aromatic rings. The molecule has 1 fully saturated rings. The molecule has 3 nitrogen and oxygen atoms in total. The monoisotopic (exact) mass is 309 g/mol. The number of ether oxygens (including phenoxy) is 1. The summed E-state index contributed by atoms with van der Waals surface area (Å²) in [6, 6.07) is 7.37. The van der Waals surface area contributed by atoms with E-state index in [1.54, 1.807) is 6.07 Å². The number of benzene rings is 1. The van der Waals surface area contributed by atoms with Crippen molar-refractivity contribution in [3.63, 3.8) is 0 Å². The average Bonchev–Trinajstić information content (AvgIpc) is 2.64. The van der Waals surface area contributed by atoms with E-state index in [2.05, 4.69) is 5.32 Å². The molecule has 116 valence electrons. The molecule has 1 amide bonds. The first-order chi connectivity index (χ1) is 10.1. The van der Waals surface area contributed by atoms with Crippen LogP contribution < -0.4 is 10.1 Å². The van der Waals surface area contributed by atoms with E-state index in [1.807, 2.05) is 32.0 Å². The largest absolute Gasteiger partial charge is 0.491 e. The minimum absolute atomic E-state index is 0.0338. The van der Waals surface area contributed by atoms with E-state index in [4.69, 9.17) is 16.3 Å². The first-order valence-electron chi connectivity index (χ1n) is 7.78. The lowest BCUT2D eigenvalue weighted by atomic mass is 10.1. The Morgan fingerprint density at radius 2 is 2.05 bits per heavy atom. The van der Waals surface area contributed by atoms with Gasteiger partial charge >= 0.3 is 0 Å². The number of halogens is 1. The standard InChI is InChI=1S/C17H24ClNO2/c1-12(2)21-14-8-6-7-13(11-14)17(20)19-16-10-5-3-4-9-15(16)18/h6-8,11-12,15-16H,3-5,9-10H2,1-2H3,(H,19,20). The van der Waals surface area contributed by atoms with Gasteiger partial charge in [-0.05, 0) is 44.9 Å². The van der Waals surface area contributed by atoms with Crippen molar-refractivity contribution in [2.75, 3.05) is 0 Å². The van der Waals surface area contributed by atoms with Crippen molar-refractivity contribution < 1.29 is 9.53 Å². The molecular weight excluding hydrogens is 286 g/mol. The highest BCUT2D eigenvalue weighted by molar-refractivity contribution is 6.21. The fourth-order valence-electron chi connectivity index (χ4n) is 2.66. The number of hydrogen-bond acceptors (Lipinski definition) is 2. The van der Waals surface area contributed by atoms with E-state index >= 15 is 0 Å². The van der Waals surface area contributed by atoms with Crippen LogP contribution in [0.2, 0.25) is 0 Å². The molecule has 0 radical (unpaired) electrons. The molecule has 21 heavy (non-hydrogen) atoms. The molecule has 1 aliphatic carbocycles. The van der Waals surface area contributed by atoms with Gasteiger partial charge in [0.1, 0.15) is 5.75 Å². The summed E-state index contributed by atoms with van der Waals surface area (Å²) in [5, 5.41) is 3.11. The third-order valence-corrected chi connectivity index (χ3v) is 4.24. The van der Waals surface area contributed by atoms with Crippen LogP contribution in [0.15, 0.2) is 24.3 Å². The highest BCUT2D eigenvalue weighted by Crippen LogP contribution is 2.23.